The second kappa shape index (κ2) is 8.05. The molecule has 2 aromatic carbocycles. The largest absolute Gasteiger partial charge is 0.455 e. The number of fused-ring (bicyclic) bond motifs is 1. The fraction of sp³-hybridized carbons (Fsp3) is 0.261. The second-order valence-electron chi connectivity index (χ2n) is 7.77. The van der Waals surface area contributed by atoms with Gasteiger partial charge in [0.15, 0.2) is 5.76 Å². The molecule has 6 nitrogen and oxygen atoms in total. The van der Waals surface area contributed by atoms with E-state index in [4.69, 9.17) is 9.40 Å². The number of benzene rings is 2. The van der Waals surface area contributed by atoms with Crippen LogP contribution >= 0.6 is 38.5 Å². The highest BCUT2D eigenvalue weighted by atomic mass is 127. The number of para-hydroxylation sites is 1. The van der Waals surface area contributed by atoms with Gasteiger partial charge in [-0.15, -0.1) is 0 Å². The summed E-state index contributed by atoms with van der Waals surface area (Å²) in [5, 5.41) is 12.4. The molecule has 0 N–H and O–H groups in total. The minimum Gasteiger partial charge on any atom is -0.455 e. The van der Waals surface area contributed by atoms with Crippen LogP contribution in [0.25, 0.3) is 22.3 Å². The SMILES string of the molecule is CCc1nc(C2CC2)c(I)n1Cc1ccc2oc(-c3ccccc3[N+](=O)[O-])c(Br)c2c1. The molecule has 31 heavy (non-hydrogen) atoms. The Morgan fingerprint density at radius 2 is 2.06 bits per heavy atom. The van der Waals surface area contributed by atoms with Crippen molar-refractivity contribution < 1.29 is 9.34 Å². The van der Waals surface area contributed by atoms with Gasteiger partial charge >= 0.3 is 0 Å². The number of nitro groups is 1. The zero-order chi connectivity index (χ0) is 21.7. The Balaban J connectivity index is 1.55. The summed E-state index contributed by atoms with van der Waals surface area (Å²) in [6, 6.07) is 12.7. The van der Waals surface area contributed by atoms with Crippen LogP contribution in [0, 0.1) is 13.8 Å². The maximum atomic E-state index is 11.5. The second-order valence-corrected chi connectivity index (χ2v) is 9.58. The Labute approximate surface area is 201 Å². The molecule has 8 heteroatoms. The van der Waals surface area contributed by atoms with Gasteiger partial charge in [0.25, 0.3) is 5.69 Å². The van der Waals surface area contributed by atoms with Crippen molar-refractivity contribution in [2.75, 3.05) is 0 Å². The van der Waals surface area contributed by atoms with E-state index in [1.807, 2.05) is 12.1 Å². The highest BCUT2D eigenvalue weighted by molar-refractivity contribution is 14.1. The fourth-order valence-electron chi connectivity index (χ4n) is 3.94. The Kier molecular flexibility index (Phi) is 5.37. The van der Waals surface area contributed by atoms with E-state index >= 15 is 0 Å². The van der Waals surface area contributed by atoms with E-state index in [-0.39, 0.29) is 10.6 Å². The zero-order valence-corrected chi connectivity index (χ0v) is 20.5. The van der Waals surface area contributed by atoms with Crippen molar-refractivity contribution in [1.29, 1.82) is 0 Å². The lowest BCUT2D eigenvalue weighted by molar-refractivity contribution is -0.384. The molecule has 2 aromatic heterocycles. The summed E-state index contributed by atoms with van der Waals surface area (Å²) < 4.78 is 10.3. The summed E-state index contributed by atoms with van der Waals surface area (Å²) >= 11 is 6.05. The van der Waals surface area contributed by atoms with Crippen LogP contribution in [0.1, 0.15) is 42.8 Å². The average molecular weight is 592 g/mol. The van der Waals surface area contributed by atoms with Gasteiger partial charge in [0.1, 0.15) is 15.1 Å². The molecule has 1 aliphatic carbocycles. The number of imidazole rings is 1. The van der Waals surface area contributed by atoms with Gasteiger partial charge in [-0.3, -0.25) is 10.1 Å². The average Bonchev–Trinajstić information content (AvgIpc) is 3.50. The molecule has 5 rings (SSSR count). The van der Waals surface area contributed by atoms with Gasteiger partial charge in [-0.2, -0.15) is 0 Å². The molecule has 0 saturated heterocycles. The maximum Gasteiger partial charge on any atom is 0.280 e. The van der Waals surface area contributed by atoms with E-state index in [9.17, 15) is 10.1 Å². The standard InChI is InChI=1S/C23H19BrIN3O3/c1-2-19-26-21(14-8-9-14)23(25)27(19)12-13-7-10-18-16(11-13)20(24)22(31-18)15-5-3-4-6-17(15)28(29)30/h3-7,10-11,14H,2,8-9,12H2,1H3. The first-order valence-electron chi connectivity index (χ1n) is 10.2. The predicted molar refractivity (Wildman–Crippen MR) is 131 cm³/mol. The monoisotopic (exact) mass is 591 g/mol. The lowest BCUT2D eigenvalue weighted by Crippen LogP contribution is -2.06. The Morgan fingerprint density at radius 3 is 2.77 bits per heavy atom. The first-order chi connectivity index (χ1) is 15.0. The summed E-state index contributed by atoms with van der Waals surface area (Å²) in [5.74, 6) is 2.20. The normalized spacial score (nSPS) is 13.8. The molecule has 0 radical (unpaired) electrons. The predicted octanol–water partition coefficient (Wildman–Crippen LogP) is 7.06. The molecule has 0 unspecified atom stereocenters. The Bertz CT molecular complexity index is 1320. The van der Waals surface area contributed by atoms with Gasteiger partial charge in [0.2, 0.25) is 0 Å². The van der Waals surface area contributed by atoms with E-state index in [0.29, 0.717) is 22.8 Å². The summed E-state index contributed by atoms with van der Waals surface area (Å²) in [6.45, 7) is 2.87. The number of hydrogen-bond acceptors (Lipinski definition) is 4. The summed E-state index contributed by atoms with van der Waals surface area (Å²) in [5.41, 5.74) is 3.55. The third-order valence-electron chi connectivity index (χ3n) is 5.67. The smallest absolute Gasteiger partial charge is 0.280 e. The number of rotatable bonds is 6. The van der Waals surface area contributed by atoms with Crippen molar-refractivity contribution in [3.05, 3.63) is 77.8 Å². The van der Waals surface area contributed by atoms with Crippen molar-refractivity contribution in [1.82, 2.24) is 9.55 Å². The maximum absolute atomic E-state index is 11.5. The van der Waals surface area contributed by atoms with Crippen molar-refractivity contribution in [2.45, 2.75) is 38.6 Å². The Morgan fingerprint density at radius 1 is 1.29 bits per heavy atom. The van der Waals surface area contributed by atoms with Crippen LogP contribution in [0.15, 0.2) is 51.4 Å². The minimum absolute atomic E-state index is 0.0237. The number of furan rings is 1. The number of aryl methyl sites for hydroxylation is 1. The van der Waals surface area contributed by atoms with Gasteiger partial charge in [-0.05, 0) is 75.1 Å². The van der Waals surface area contributed by atoms with E-state index < -0.39 is 0 Å². The van der Waals surface area contributed by atoms with Crippen molar-refractivity contribution in [2.24, 2.45) is 0 Å². The van der Waals surface area contributed by atoms with Crippen LogP contribution in [-0.2, 0) is 13.0 Å². The minimum atomic E-state index is -0.384. The van der Waals surface area contributed by atoms with Gasteiger partial charge in [-0.25, -0.2) is 4.98 Å². The molecule has 1 aliphatic rings. The molecular formula is C23H19BrIN3O3. The summed E-state index contributed by atoms with van der Waals surface area (Å²) in [4.78, 5) is 16.0. The third-order valence-corrected chi connectivity index (χ3v) is 7.59. The van der Waals surface area contributed by atoms with Gasteiger partial charge in [0.05, 0.1) is 20.7 Å². The van der Waals surface area contributed by atoms with Crippen LogP contribution in [0.5, 0.6) is 0 Å². The number of hydrogen-bond donors (Lipinski definition) is 0. The van der Waals surface area contributed by atoms with Crippen LogP contribution in [-0.4, -0.2) is 14.5 Å². The van der Waals surface area contributed by atoms with Gasteiger partial charge < -0.3 is 8.98 Å². The summed E-state index contributed by atoms with van der Waals surface area (Å²) in [6.07, 6.45) is 3.36. The van der Waals surface area contributed by atoms with Crippen molar-refractivity contribution in [3.63, 3.8) is 0 Å². The number of nitro benzene ring substituents is 1. The molecule has 0 bridgehead atoms. The van der Waals surface area contributed by atoms with E-state index in [2.05, 4.69) is 56.1 Å². The van der Waals surface area contributed by atoms with Crippen LogP contribution in [0.4, 0.5) is 5.69 Å². The molecule has 2 heterocycles. The zero-order valence-electron chi connectivity index (χ0n) is 16.8. The molecular weight excluding hydrogens is 573 g/mol. The van der Waals surface area contributed by atoms with Gasteiger partial charge in [0, 0.05) is 30.3 Å². The van der Waals surface area contributed by atoms with E-state index in [0.717, 1.165) is 34.2 Å². The van der Waals surface area contributed by atoms with E-state index in [1.165, 1.54) is 28.3 Å². The van der Waals surface area contributed by atoms with Crippen molar-refractivity contribution >= 4 is 55.2 Å². The first-order valence-corrected chi connectivity index (χ1v) is 12.0. The number of aromatic nitrogens is 2. The third kappa shape index (κ3) is 3.69. The first kappa shape index (κ1) is 20.7. The molecule has 158 valence electrons. The highest BCUT2D eigenvalue weighted by Gasteiger charge is 2.30. The molecule has 0 aliphatic heterocycles. The molecule has 4 aromatic rings. The molecule has 1 fully saturated rings. The van der Waals surface area contributed by atoms with Crippen LogP contribution in [0.2, 0.25) is 0 Å². The highest BCUT2D eigenvalue weighted by Crippen LogP contribution is 2.43. The molecule has 1 saturated carbocycles. The summed E-state index contributed by atoms with van der Waals surface area (Å²) in [7, 11) is 0. The van der Waals surface area contributed by atoms with Crippen LogP contribution in [0.3, 0.4) is 0 Å². The van der Waals surface area contributed by atoms with E-state index in [1.54, 1.807) is 18.2 Å². The molecule has 0 amide bonds. The molecule has 0 spiro atoms. The topological polar surface area (TPSA) is 74.1 Å². The fourth-order valence-corrected chi connectivity index (χ4v) is 5.55. The number of halogens is 2. The van der Waals surface area contributed by atoms with Crippen LogP contribution < -0.4 is 0 Å². The van der Waals surface area contributed by atoms with Crippen molar-refractivity contribution in [3.8, 4) is 11.3 Å². The Hall–Kier alpha value is -2.20. The van der Waals surface area contributed by atoms with Gasteiger partial charge in [-0.1, -0.05) is 25.1 Å². The lowest BCUT2D eigenvalue weighted by atomic mass is 10.1. The quantitative estimate of drug-likeness (QED) is 0.137. The number of nitrogens with zero attached hydrogens (tertiary/aromatic N) is 3. The molecule has 0 atom stereocenters. The lowest BCUT2D eigenvalue weighted by Gasteiger charge is -2.09.